The van der Waals surface area contributed by atoms with Crippen molar-refractivity contribution in [2.24, 2.45) is 0 Å². The maximum absolute atomic E-state index is 12.5. The van der Waals surface area contributed by atoms with E-state index in [1.54, 1.807) is 0 Å². The number of amides is 1. The summed E-state index contributed by atoms with van der Waals surface area (Å²) < 4.78 is 14.8. The third kappa shape index (κ3) is 4.10. The van der Waals surface area contributed by atoms with Gasteiger partial charge in [0.2, 0.25) is 0 Å². The second-order valence-electron chi connectivity index (χ2n) is 7.35. The van der Waals surface area contributed by atoms with Gasteiger partial charge in [-0.3, -0.25) is 5.32 Å². The van der Waals surface area contributed by atoms with Crippen molar-refractivity contribution in [2.75, 3.05) is 26.1 Å². The lowest BCUT2D eigenvalue weighted by Crippen LogP contribution is -2.19. The van der Waals surface area contributed by atoms with Crippen LogP contribution in [0.3, 0.4) is 0 Å². The van der Waals surface area contributed by atoms with Gasteiger partial charge in [0.1, 0.15) is 12.4 Å². The number of esters is 2. The summed E-state index contributed by atoms with van der Waals surface area (Å²) in [6, 6.07) is 18.0. The molecule has 3 aromatic rings. The highest BCUT2D eigenvalue weighted by molar-refractivity contribution is 6.05. The third-order valence-corrected chi connectivity index (χ3v) is 5.53. The molecule has 0 radical (unpaired) electrons. The van der Waals surface area contributed by atoms with Crippen LogP contribution in [-0.4, -0.2) is 44.0 Å². The molecule has 0 saturated heterocycles. The molecule has 0 heterocycles. The summed E-state index contributed by atoms with van der Waals surface area (Å²) in [6.45, 7) is 0.0741. The van der Waals surface area contributed by atoms with Crippen LogP contribution in [0.5, 0.6) is 5.75 Å². The lowest BCUT2D eigenvalue weighted by atomic mass is 9.98. The molecule has 2 N–H and O–H groups in total. The first kappa shape index (κ1) is 21.9. The normalized spacial score (nSPS) is 11.8. The quantitative estimate of drug-likeness (QED) is 0.340. The Hall–Kier alpha value is -4.33. The zero-order chi connectivity index (χ0) is 23.5. The first-order chi connectivity index (χ1) is 15.9. The number of carbonyl (C=O) groups excluding carboxylic acids is 3. The molecule has 168 valence electrons. The molecule has 0 atom stereocenters. The molecule has 0 unspecified atom stereocenters. The van der Waals surface area contributed by atoms with Crippen LogP contribution in [-0.2, 0) is 14.2 Å². The van der Waals surface area contributed by atoms with E-state index in [2.05, 4.69) is 14.8 Å². The minimum absolute atomic E-state index is 0.0741. The summed E-state index contributed by atoms with van der Waals surface area (Å²) >= 11 is 0. The van der Waals surface area contributed by atoms with E-state index in [9.17, 15) is 19.5 Å². The van der Waals surface area contributed by atoms with E-state index >= 15 is 0 Å². The standard InChI is InChI=1S/C25H21NO7/c1-31-23(28)18-11-21(22(27)12-19(18)24(29)32-2)26-25(30)33-13-20-16-9-5-3-7-14(16)15-8-4-6-10-17(15)20/h3-12,20,27H,13H2,1-2H3,(H,26,30). The van der Waals surface area contributed by atoms with Crippen molar-refractivity contribution in [3.63, 3.8) is 0 Å². The molecule has 0 bridgehead atoms. The molecule has 4 rings (SSSR count). The summed E-state index contributed by atoms with van der Waals surface area (Å²) in [4.78, 5) is 36.5. The lowest BCUT2D eigenvalue weighted by molar-refractivity contribution is 0.0555. The monoisotopic (exact) mass is 447 g/mol. The number of phenols is 1. The van der Waals surface area contributed by atoms with Gasteiger partial charge >= 0.3 is 18.0 Å². The van der Waals surface area contributed by atoms with Gasteiger partial charge in [0.25, 0.3) is 0 Å². The van der Waals surface area contributed by atoms with Gasteiger partial charge in [-0.1, -0.05) is 48.5 Å². The second-order valence-corrected chi connectivity index (χ2v) is 7.35. The molecule has 33 heavy (non-hydrogen) atoms. The van der Waals surface area contributed by atoms with Crippen molar-refractivity contribution in [3.8, 4) is 16.9 Å². The van der Waals surface area contributed by atoms with Gasteiger partial charge in [0.15, 0.2) is 0 Å². The van der Waals surface area contributed by atoms with Crippen molar-refractivity contribution in [2.45, 2.75) is 5.92 Å². The van der Waals surface area contributed by atoms with Gasteiger partial charge in [0, 0.05) is 5.92 Å². The van der Waals surface area contributed by atoms with Crippen LogP contribution in [0.25, 0.3) is 11.1 Å². The molecule has 0 fully saturated rings. The molecule has 0 saturated carbocycles. The highest BCUT2D eigenvalue weighted by Crippen LogP contribution is 2.44. The van der Waals surface area contributed by atoms with Crippen LogP contribution < -0.4 is 5.32 Å². The van der Waals surface area contributed by atoms with Gasteiger partial charge in [-0.2, -0.15) is 0 Å². The van der Waals surface area contributed by atoms with Gasteiger partial charge in [-0.05, 0) is 34.4 Å². The Morgan fingerprint density at radius 1 is 0.848 bits per heavy atom. The van der Waals surface area contributed by atoms with Crippen molar-refractivity contribution in [1.82, 2.24) is 0 Å². The Kier molecular flexibility index (Phi) is 5.99. The van der Waals surface area contributed by atoms with E-state index in [-0.39, 0.29) is 29.3 Å². The van der Waals surface area contributed by atoms with Gasteiger partial charge < -0.3 is 19.3 Å². The van der Waals surface area contributed by atoms with Crippen LogP contribution in [0, 0.1) is 0 Å². The Labute approximate surface area is 189 Å². The Bertz CT molecular complexity index is 1210. The molecule has 8 heteroatoms. The molecule has 3 aromatic carbocycles. The van der Waals surface area contributed by atoms with Crippen molar-refractivity contribution >= 4 is 23.7 Å². The number of carbonyl (C=O) groups is 3. The number of benzene rings is 3. The van der Waals surface area contributed by atoms with Crippen molar-refractivity contribution in [1.29, 1.82) is 0 Å². The molecule has 1 aliphatic rings. The Balaban J connectivity index is 1.53. The second kappa shape index (κ2) is 9.04. The van der Waals surface area contributed by atoms with E-state index in [4.69, 9.17) is 4.74 Å². The lowest BCUT2D eigenvalue weighted by Gasteiger charge is -2.16. The maximum atomic E-state index is 12.5. The number of anilines is 1. The predicted octanol–water partition coefficient (Wildman–Crippen LogP) is 4.33. The van der Waals surface area contributed by atoms with E-state index in [1.807, 2.05) is 48.5 Å². The average Bonchev–Trinajstić information content (AvgIpc) is 3.16. The summed E-state index contributed by atoms with van der Waals surface area (Å²) in [5, 5.41) is 12.7. The largest absolute Gasteiger partial charge is 0.506 e. The minimum atomic E-state index is -0.835. The van der Waals surface area contributed by atoms with Crippen LogP contribution in [0.15, 0.2) is 60.7 Å². The molecule has 0 aliphatic heterocycles. The smallest absolute Gasteiger partial charge is 0.411 e. The van der Waals surface area contributed by atoms with Crippen molar-refractivity contribution in [3.05, 3.63) is 82.9 Å². The SMILES string of the molecule is COC(=O)c1cc(O)c(NC(=O)OCC2c3ccccc3-c3ccccc32)cc1C(=O)OC. The van der Waals surface area contributed by atoms with Crippen molar-refractivity contribution < 1.29 is 33.7 Å². The molecule has 1 aliphatic carbocycles. The summed E-state index contributed by atoms with van der Waals surface area (Å²) in [6.07, 6.45) is -0.825. The van der Waals surface area contributed by atoms with Gasteiger partial charge in [-0.15, -0.1) is 0 Å². The van der Waals surface area contributed by atoms with E-state index < -0.39 is 23.8 Å². The summed E-state index contributed by atoms with van der Waals surface area (Å²) in [7, 11) is 2.29. The number of methoxy groups -OCH3 is 2. The van der Waals surface area contributed by atoms with Gasteiger partial charge in [0.05, 0.1) is 31.0 Å². The highest BCUT2D eigenvalue weighted by Gasteiger charge is 2.29. The van der Waals surface area contributed by atoms with Crippen LogP contribution in [0.4, 0.5) is 10.5 Å². The predicted molar refractivity (Wildman–Crippen MR) is 119 cm³/mol. The Morgan fingerprint density at radius 2 is 1.36 bits per heavy atom. The number of phenolic OH excluding ortho intramolecular Hbond substituents is 1. The zero-order valence-corrected chi connectivity index (χ0v) is 18.0. The Morgan fingerprint density at radius 3 is 1.91 bits per heavy atom. The molecule has 0 aromatic heterocycles. The summed E-state index contributed by atoms with van der Waals surface area (Å²) in [5.74, 6) is -2.23. The number of aromatic hydroxyl groups is 1. The molecule has 8 nitrogen and oxygen atoms in total. The summed E-state index contributed by atoms with van der Waals surface area (Å²) in [5.41, 5.74) is 3.84. The van der Waals surface area contributed by atoms with Crippen LogP contribution in [0.2, 0.25) is 0 Å². The van der Waals surface area contributed by atoms with E-state index in [0.29, 0.717) is 0 Å². The van der Waals surface area contributed by atoms with Gasteiger partial charge in [-0.25, -0.2) is 14.4 Å². The molecular weight excluding hydrogens is 426 g/mol. The molecule has 0 spiro atoms. The fourth-order valence-electron chi connectivity index (χ4n) is 3.99. The third-order valence-electron chi connectivity index (χ3n) is 5.53. The van der Waals surface area contributed by atoms with Crippen LogP contribution >= 0.6 is 0 Å². The number of fused-ring (bicyclic) bond motifs is 3. The number of ether oxygens (including phenoxy) is 3. The number of hydrogen-bond donors (Lipinski definition) is 2. The highest BCUT2D eigenvalue weighted by atomic mass is 16.5. The first-order valence-electron chi connectivity index (χ1n) is 10.1. The maximum Gasteiger partial charge on any atom is 0.411 e. The number of hydrogen-bond acceptors (Lipinski definition) is 7. The fraction of sp³-hybridized carbons (Fsp3) is 0.160. The minimum Gasteiger partial charge on any atom is -0.506 e. The molecular formula is C25H21NO7. The first-order valence-corrected chi connectivity index (χ1v) is 10.1. The fourth-order valence-corrected chi connectivity index (χ4v) is 3.99. The van der Waals surface area contributed by atoms with E-state index in [0.717, 1.165) is 48.6 Å². The molecule has 1 amide bonds. The average molecular weight is 447 g/mol. The number of rotatable bonds is 5. The van der Waals surface area contributed by atoms with E-state index in [1.165, 1.54) is 0 Å². The number of nitrogens with one attached hydrogen (secondary N) is 1. The zero-order valence-electron chi connectivity index (χ0n) is 18.0. The van der Waals surface area contributed by atoms with Crippen LogP contribution in [0.1, 0.15) is 37.8 Å². The topological polar surface area (TPSA) is 111 Å².